The zero-order chi connectivity index (χ0) is 27.2. The van der Waals surface area contributed by atoms with Crippen molar-refractivity contribution in [3.8, 4) is 0 Å². The van der Waals surface area contributed by atoms with Gasteiger partial charge in [0, 0.05) is 47.0 Å². The van der Waals surface area contributed by atoms with Gasteiger partial charge in [-0.3, -0.25) is 14.4 Å². The van der Waals surface area contributed by atoms with Gasteiger partial charge in [0.05, 0.1) is 6.04 Å². The molecule has 11 heteroatoms. The molecule has 0 saturated carbocycles. The minimum absolute atomic E-state index is 0.0869. The molecule has 0 saturated heterocycles. The van der Waals surface area contributed by atoms with Crippen molar-refractivity contribution in [2.75, 3.05) is 0 Å². The van der Waals surface area contributed by atoms with Gasteiger partial charge in [-0.15, -0.1) is 0 Å². The van der Waals surface area contributed by atoms with Gasteiger partial charge < -0.3 is 37.2 Å². The smallest absolute Gasteiger partial charge is 0.326 e. The molecule has 0 radical (unpaired) electrons. The van der Waals surface area contributed by atoms with Gasteiger partial charge in [-0.1, -0.05) is 36.4 Å². The maximum atomic E-state index is 13.3. The van der Waals surface area contributed by atoms with Crippen molar-refractivity contribution in [3.63, 3.8) is 0 Å². The summed E-state index contributed by atoms with van der Waals surface area (Å²) >= 11 is 0. The monoisotopic (exact) mass is 518 g/mol. The van der Waals surface area contributed by atoms with Crippen molar-refractivity contribution in [2.24, 2.45) is 11.5 Å². The average molecular weight is 519 g/mol. The molecule has 0 aliphatic heterocycles. The Hall–Kier alpha value is -4.64. The summed E-state index contributed by atoms with van der Waals surface area (Å²) in [5.41, 5.74) is 14.8. The van der Waals surface area contributed by atoms with Crippen molar-refractivity contribution in [1.82, 2.24) is 20.6 Å². The summed E-state index contributed by atoms with van der Waals surface area (Å²) in [4.78, 5) is 55.5. The molecule has 4 aromatic rings. The van der Waals surface area contributed by atoms with Crippen LogP contribution in [-0.4, -0.2) is 56.9 Å². The molecule has 0 aliphatic carbocycles. The number of carboxylic acid groups (broad SMARTS) is 1. The SMILES string of the molecule is NC(=O)CC[C@H](NC(=O)[C@H](Cc1c[nH]c2ccccc12)NC(=O)[C@@H](N)Cc1c[nH]c2ccccc12)C(=O)O. The number of rotatable bonds is 12. The minimum Gasteiger partial charge on any atom is -0.480 e. The van der Waals surface area contributed by atoms with Crippen molar-refractivity contribution in [2.45, 2.75) is 43.8 Å². The van der Waals surface area contributed by atoms with Crippen LogP contribution < -0.4 is 22.1 Å². The molecule has 0 spiro atoms. The topological polar surface area (TPSA) is 196 Å². The number of para-hydroxylation sites is 2. The second-order valence-electron chi connectivity index (χ2n) is 9.20. The Morgan fingerprint density at radius 3 is 1.87 bits per heavy atom. The molecule has 0 bridgehead atoms. The number of hydrogen-bond donors (Lipinski definition) is 7. The van der Waals surface area contributed by atoms with E-state index in [0.717, 1.165) is 32.9 Å². The molecule has 2 aromatic carbocycles. The van der Waals surface area contributed by atoms with Crippen LogP contribution in [0.3, 0.4) is 0 Å². The maximum absolute atomic E-state index is 13.3. The van der Waals surface area contributed by atoms with Gasteiger partial charge in [-0.2, -0.15) is 0 Å². The zero-order valence-electron chi connectivity index (χ0n) is 20.6. The van der Waals surface area contributed by atoms with E-state index in [9.17, 15) is 24.3 Å². The molecular formula is C27H30N6O5. The fourth-order valence-electron chi connectivity index (χ4n) is 4.45. The van der Waals surface area contributed by atoms with E-state index in [2.05, 4.69) is 20.6 Å². The van der Waals surface area contributed by atoms with Crippen LogP contribution in [0.15, 0.2) is 60.9 Å². The molecule has 2 heterocycles. The number of hydrogen-bond acceptors (Lipinski definition) is 5. The van der Waals surface area contributed by atoms with E-state index < -0.39 is 41.8 Å². The van der Waals surface area contributed by atoms with Crippen LogP contribution in [0.5, 0.6) is 0 Å². The highest BCUT2D eigenvalue weighted by Crippen LogP contribution is 2.21. The van der Waals surface area contributed by atoms with Crippen LogP contribution in [0.1, 0.15) is 24.0 Å². The van der Waals surface area contributed by atoms with Gasteiger partial charge in [0.2, 0.25) is 17.7 Å². The quantitative estimate of drug-likeness (QED) is 0.146. The lowest BCUT2D eigenvalue weighted by Gasteiger charge is -2.23. The van der Waals surface area contributed by atoms with Gasteiger partial charge in [0.25, 0.3) is 0 Å². The second-order valence-corrected chi connectivity index (χ2v) is 9.20. The summed E-state index contributed by atoms with van der Waals surface area (Å²) < 4.78 is 0. The number of amides is 3. The van der Waals surface area contributed by atoms with Gasteiger partial charge in [0.1, 0.15) is 12.1 Å². The number of H-pyrrole nitrogens is 2. The lowest BCUT2D eigenvalue weighted by Crippen LogP contribution is -2.55. The van der Waals surface area contributed by atoms with E-state index in [1.54, 1.807) is 12.4 Å². The van der Waals surface area contributed by atoms with Gasteiger partial charge >= 0.3 is 5.97 Å². The summed E-state index contributed by atoms with van der Waals surface area (Å²) in [5, 5.41) is 16.5. The first-order valence-electron chi connectivity index (χ1n) is 12.2. The lowest BCUT2D eigenvalue weighted by atomic mass is 10.0. The van der Waals surface area contributed by atoms with Crippen LogP contribution in [0.25, 0.3) is 21.8 Å². The Bertz CT molecular complexity index is 1470. The lowest BCUT2D eigenvalue weighted by molar-refractivity contribution is -0.142. The summed E-state index contributed by atoms with van der Waals surface area (Å²) in [6.45, 7) is 0. The van der Waals surface area contributed by atoms with E-state index in [1.165, 1.54) is 0 Å². The predicted octanol–water partition coefficient (Wildman–Crippen LogP) is 1.08. The predicted molar refractivity (Wildman–Crippen MR) is 142 cm³/mol. The Kier molecular flexibility index (Phi) is 8.07. The van der Waals surface area contributed by atoms with Crippen molar-refractivity contribution >= 4 is 45.5 Å². The number of aliphatic carboxylic acids is 1. The number of benzene rings is 2. The highest BCUT2D eigenvalue weighted by Gasteiger charge is 2.29. The molecule has 11 nitrogen and oxygen atoms in total. The van der Waals surface area contributed by atoms with Crippen molar-refractivity contribution < 1.29 is 24.3 Å². The molecule has 3 atom stereocenters. The molecule has 4 rings (SSSR count). The fraction of sp³-hybridized carbons (Fsp3) is 0.259. The Morgan fingerprint density at radius 2 is 1.32 bits per heavy atom. The second kappa shape index (κ2) is 11.6. The molecule has 0 unspecified atom stereocenters. The van der Waals surface area contributed by atoms with E-state index in [1.807, 2.05) is 48.5 Å². The van der Waals surface area contributed by atoms with E-state index in [4.69, 9.17) is 11.5 Å². The van der Waals surface area contributed by atoms with Crippen LogP contribution in [0.4, 0.5) is 0 Å². The number of carbonyl (C=O) groups excluding carboxylic acids is 3. The van der Waals surface area contributed by atoms with E-state index in [0.29, 0.717) is 0 Å². The number of aromatic nitrogens is 2. The largest absolute Gasteiger partial charge is 0.480 e. The molecular weight excluding hydrogens is 488 g/mol. The Balaban J connectivity index is 1.53. The number of carboxylic acids is 1. The van der Waals surface area contributed by atoms with E-state index in [-0.39, 0.29) is 25.7 Å². The number of nitrogens with one attached hydrogen (secondary N) is 4. The fourth-order valence-corrected chi connectivity index (χ4v) is 4.45. The molecule has 38 heavy (non-hydrogen) atoms. The first-order valence-corrected chi connectivity index (χ1v) is 12.2. The highest BCUT2D eigenvalue weighted by molar-refractivity contribution is 5.93. The third kappa shape index (κ3) is 6.19. The number of aromatic amines is 2. The van der Waals surface area contributed by atoms with Crippen LogP contribution >= 0.6 is 0 Å². The Labute approximate surface area is 218 Å². The molecule has 0 aliphatic rings. The first kappa shape index (κ1) is 26.4. The number of primary amides is 1. The molecule has 2 aromatic heterocycles. The number of nitrogens with two attached hydrogens (primary N) is 2. The standard InChI is InChI=1S/C27H30N6O5/c28-19(11-15-13-30-20-7-3-1-5-17(15)20)25(35)33-23(12-16-14-31-21-8-4-2-6-18(16)21)26(36)32-22(27(37)38)9-10-24(29)34/h1-8,13-14,19,22-23,30-31H,9-12,28H2,(H2,29,34)(H,32,36)(H,33,35)(H,37,38)/t19-,22-,23-/m0/s1. The first-order chi connectivity index (χ1) is 18.2. The normalized spacial score (nSPS) is 13.6. The van der Waals surface area contributed by atoms with Crippen LogP contribution in [0, 0.1) is 0 Å². The third-order valence-electron chi connectivity index (χ3n) is 6.48. The summed E-state index contributed by atoms with van der Waals surface area (Å²) in [6.07, 6.45) is 3.46. The van der Waals surface area contributed by atoms with Gasteiger partial charge in [-0.05, 0) is 36.1 Å². The van der Waals surface area contributed by atoms with Crippen molar-refractivity contribution in [1.29, 1.82) is 0 Å². The molecule has 0 fully saturated rings. The van der Waals surface area contributed by atoms with E-state index >= 15 is 0 Å². The maximum Gasteiger partial charge on any atom is 0.326 e. The highest BCUT2D eigenvalue weighted by atomic mass is 16.4. The molecule has 3 amide bonds. The zero-order valence-corrected chi connectivity index (χ0v) is 20.6. The number of carbonyl (C=O) groups is 4. The van der Waals surface area contributed by atoms with Gasteiger partial charge in [0.15, 0.2) is 0 Å². The van der Waals surface area contributed by atoms with Crippen molar-refractivity contribution in [3.05, 3.63) is 72.1 Å². The summed E-state index contributed by atoms with van der Waals surface area (Å²) in [7, 11) is 0. The third-order valence-corrected chi connectivity index (χ3v) is 6.48. The Morgan fingerprint density at radius 1 is 0.789 bits per heavy atom. The minimum atomic E-state index is -1.35. The number of fused-ring (bicyclic) bond motifs is 2. The van der Waals surface area contributed by atoms with Crippen LogP contribution in [0.2, 0.25) is 0 Å². The molecule has 9 N–H and O–H groups in total. The summed E-state index contributed by atoms with van der Waals surface area (Å²) in [6, 6.07) is 11.7. The summed E-state index contributed by atoms with van der Waals surface area (Å²) in [5.74, 6) is -3.26. The van der Waals surface area contributed by atoms with Gasteiger partial charge in [-0.25, -0.2) is 4.79 Å². The van der Waals surface area contributed by atoms with Crippen LogP contribution in [-0.2, 0) is 32.0 Å². The molecule has 198 valence electrons. The average Bonchev–Trinajstić information content (AvgIpc) is 3.50.